The van der Waals surface area contributed by atoms with Crippen LogP contribution < -0.4 is 5.32 Å². The van der Waals surface area contributed by atoms with Crippen molar-refractivity contribution in [3.05, 3.63) is 17.3 Å². The third-order valence-electron chi connectivity index (χ3n) is 3.66. The number of amides is 1. The van der Waals surface area contributed by atoms with Crippen LogP contribution in [0.2, 0.25) is 5.15 Å². The van der Waals surface area contributed by atoms with Gasteiger partial charge in [0.1, 0.15) is 11.4 Å². The van der Waals surface area contributed by atoms with Crippen LogP contribution in [0.3, 0.4) is 0 Å². The molecule has 23 heavy (non-hydrogen) atoms. The summed E-state index contributed by atoms with van der Waals surface area (Å²) >= 11 is 5.71. The van der Waals surface area contributed by atoms with Gasteiger partial charge in [-0.1, -0.05) is 11.6 Å². The van der Waals surface area contributed by atoms with Gasteiger partial charge in [-0.2, -0.15) is 0 Å². The lowest BCUT2D eigenvalue weighted by atomic mass is 10.0. The van der Waals surface area contributed by atoms with Gasteiger partial charge in [-0.25, -0.2) is 4.79 Å². The summed E-state index contributed by atoms with van der Waals surface area (Å²) in [6.45, 7) is 5.49. The molecule has 0 aromatic carbocycles. The van der Waals surface area contributed by atoms with Gasteiger partial charge >= 0.3 is 6.09 Å². The second-order valence-electron chi connectivity index (χ2n) is 6.75. The fraction of sp³-hybridized carbons (Fsp3) is 0.688. The molecule has 2 aliphatic rings. The molecule has 0 radical (unpaired) electrons. The molecule has 1 saturated heterocycles. The first-order valence-electron chi connectivity index (χ1n) is 9.56. The van der Waals surface area contributed by atoms with Crippen molar-refractivity contribution in [1.29, 1.82) is 0 Å². The normalized spacial score (nSPS) is 33.9. The van der Waals surface area contributed by atoms with Crippen molar-refractivity contribution >= 4 is 23.5 Å². The number of halogens is 1. The Morgan fingerprint density at radius 1 is 1.35 bits per heavy atom. The van der Waals surface area contributed by atoms with E-state index in [2.05, 4.69) is 15.5 Å². The van der Waals surface area contributed by atoms with Crippen molar-refractivity contribution in [3.63, 3.8) is 0 Å². The lowest BCUT2D eigenvalue weighted by Gasteiger charge is -2.25. The quantitative estimate of drug-likeness (QED) is 0.894. The van der Waals surface area contributed by atoms with Gasteiger partial charge in [-0.3, -0.25) is 0 Å². The monoisotopic (exact) mass is 342 g/mol. The molecule has 3 rings (SSSR count). The first-order chi connectivity index (χ1) is 12.3. The van der Waals surface area contributed by atoms with Gasteiger partial charge < -0.3 is 15.0 Å². The highest BCUT2D eigenvalue weighted by Crippen LogP contribution is 2.39. The number of likely N-dealkylation sites (tertiary alicyclic amines) is 1. The van der Waals surface area contributed by atoms with E-state index < -0.39 is 42.3 Å². The summed E-state index contributed by atoms with van der Waals surface area (Å²) in [5.41, 5.74) is -0.663. The lowest BCUT2D eigenvalue weighted by Crippen LogP contribution is -2.36. The van der Waals surface area contributed by atoms with Gasteiger partial charge in [0.25, 0.3) is 0 Å². The molecule has 1 aromatic rings. The molecule has 126 valence electrons. The molecule has 0 spiro atoms. The fourth-order valence-corrected chi connectivity index (χ4v) is 2.82. The minimum absolute atomic E-state index is 0.108. The second kappa shape index (κ2) is 6.15. The van der Waals surface area contributed by atoms with Crippen molar-refractivity contribution in [2.45, 2.75) is 45.2 Å². The van der Waals surface area contributed by atoms with E-state index >= 15 is 0 Å². The van der Waals surface area contributed by atoms with E-state index in [-0.39, 0.29) is 24.1 Å². The van der Waals surface area contributed by atoms with Crippen LogP contribution in [0.15, 0.2) is 12.1 Å². The van der Waals surface area contributed by atoms with Crippen molar-refractivity contribution in [3.8, 4) is 0 Å². The number of aromatic nitrogens is 2. The van der Waals surface area contributed by atoms with Crippen LogP contribution in [0.1, 0.15) is 39.0 Å². The Hall–Kier alpha value is -1.56. The number of ether oxygens (including phenoxy) is 1. The third-order valence-corrected chi connectivity index (χ3v) is 3.86. The Balaban J connectivity index is 1.79. The molecule has 1 unspecified atom stereocenters. The predicted molar refractivity (Wildman–Crippen MR) is 88.5 cm³/mol. The van der Waals surface area contributed by atoms with E-state index in [0.717, 1.165) is 0 Å². The Morgan fingerprint density at radius 2 is 2.00 bits per heavy atom. The number of carbonyl (C=O) groups excluding carboxylic acids is 1. The maximum Gasteiger partial charge on any atom is 0.410 e. The smallest absolute Gasteiger partial charge is 0.410 e. The van der Waals surface area contributed by atoms with Gasteiger partial charge in [0.15, 0.2) is 5.15 Å². The minimum atomic E-state index is -1.90. The number of rotatable bonds is 2. The van der Waals surface area contributed by atoms with E-state index in [9.17, 15) is 4.79 Å². The summed E-state index contributed by atoms with van der Waals surface area (Å²) in [5, 5.41) is 10.6. The summed E-state index contributed by atoms with van der Waals surface area (Å²) in [6, 6.07) is 1.90. The van der Waals surface area contributed by atoms with E-state index in [0.29, 0.717) is 0 Å². The Labute approximate surface area is 147 Å². The Morgan fingerprint density at radius 3 is 2.52 bits per heavy atom. The number of carbonyl (C=O) groups is 1. The lowest BCUT2D eigenvalue weighted by molar-refractivity contribution is 0.0280. The molecule has 6 nitrogen and oxygen atoms in total. The molecule has 1 aliphatic carbocycles. The summed E-state index contributed by atoms with van der Waals surface area (Å²) in [6.07, 6.45) is -4.34. The Bertz CT molecular complexity index is 702. The molecule has 7 heteroatoms. The average Bonchev–Trinajstić information content (AvgIpc) is 3.03. The topological polar surface area (TPSA) is 67.4 Å². The highest BCUT2D eigenvalue weighted by Gasteiger charge is 2.43. The van der Waals surface area contributed by atoms with Crippen molar-refractivity contribution in [1.82, 2.24) is 15.1 Å². The van der Waals surface area contributed by atoms with Crippen LogP contribution in [0, 0.1) is 11.8 Å². The largest absolute Gasteiger partial charge is 0.444 e. The summed E-state index contributed by atoms with van der Waals surface area (Å²) in [5.74, 6) is -1.06. The van der Waals surface area contributed by atoms with Crippen LogP contribution in [0.25, 0.3) is 0 Å². The third kappa shape index (κ3) is 4.05. The number of nitrogens with one attached hydrogen (secondary N) is 1. The van der Waals surface area contributed by atoms with Crippen molar-refractivity contribution in [2.75, 3.05) is 18.4 Å². The van der Waals surface area contributed by atoms with Gasteiger partial charge in [0, 0.05) is 24.6 Å². The number of anilines is 1. The maximum absolute atomic E-state index is 12.3. The van der Waals surface area contributed by atoms with Crippen LogP contribution >= 0.6 is 11.6 Å². The molecular weight excluding hydrogens is 316 g/mol. The molecule has 1 N–H and O–H groups in total. The molecule has 2 heterocycles. The first-order valence-corrected chi connectivity index (χ1v) is 7.94. The molecule has 0 bridgehead atoms. The SMILES string of the molecule is [2H]C1([2H])C(Nc2ccc(Cl)nn2)C([2H])([2H])[C@H]2CN(C(=O)OC(C)(C)C)C[C@H]21. The molecular formula is C16H23ClN4O2. The number of hydrogen-bond acceptors (Lipinski definition) is 5. The standard InChI is InChI=1S/C16H23ClN4O2/c1-16(2,3)23-15(22)21-8-10-6-12(7-11(10)9-21)18-14-5-4-13(17)19-20-14/h4-5,10-12H,6-9H2,1-3H3,(H,18,20)/t10-,11+,12?/i6D2,7D2. The van der Waals surface area contributed by atoms with Crippen LogP contribution in [0.4, 0.5) is 10.6 Å². The molecule has 1 saturated carbocycles. The Kier molecular flexibility index (Phi) is 3.18. The van der Waals surface area contributed by atoms with Gasteiger partial charge in [-0.05, 0) is 57.5 Å². The zero-order valence-electron chi connectivity index (χ0n) is 17.3. The van der Waals surface area contributed by atoms with E-state index in [4.69, 9.17) is 21.8 Å². The van der Waals surface area contributed by atoms with Crippen LogP contribution in [0.5, 0.6) is 0 Å². The van der Waals surface area contributed by atoms with Gasteiger partial charge in [0.2, 0.25) is 0 Å². The molecule has 1 aromatic heterocycles. The highest BCUT2D eigenvalue weighted by molar-refractivity contribution is 6.29. The van der Waals surface area contributed by atoms with Gasteiger partial charge in [-0.15, -0.1) is 10.2 Å². The van der Waals surface area contributed by atoms with Crippen molar-refractivity contribution < 1.29 is 15.0 Å². The molecule has 3 atom stereocenters. The molecule has 1 amide bonds. The number of fused-ring (bicyclic) bond motifs is 1. The predicted octanol–water partition coefficient (Wildman–Crippen LogP) is 3.19. The number of hydrogen-bond donors (Lipinski definition) is 1. The first kappa shape index (κ1) is 11.9. The minimum Gasteiger partial charge on any atom is -0.444 e. The average molecular weight is 343 g/mol. The van der Waals surface area contributed by atoms with E-state index in [1.807, 2.05) is 0 Å². The fourth-order valence-electron chi connectivity index (χ4n) is 2.72. The summed E-state index contributed by atoms with van der Waals surface area (Å²) < 4.78 is 39.5. The summed E-state index contributed by atoms with van der Waals surface area (Å²) in [7, 11) is 0. The zero-order valence-corrected chi connectivity index (χ0v) is 14.1. The molecule has 1 aliphatic heterocycles. The van der Waals surface area contributed by atoms with E-state index in [1.165, 1.54) is 17.0 Å². The second-order valence-corrected chi connectivity index (χ2v) is 7.14. The van der Waals surface area contributed by atoms with Crippen molar-refractivity contribution in [2.24, 2.45) is 11.8 Å². The zero-order chi connectivity index (χ0) is 20.2. The van der Waals surface area contributed by atoms with Crippen LogP contribution in [-0.4, -0.2) is 45.9 Å². The van der Waals surface area contributed by atoms with Gasteiger partial charge in [0.05, 0.1) is 0 Å². The number of nitrogens with zero attached hydrogens (tertiary/aromatic N) is 3. The maximum atomic E-state index is 12.3. The highest BCUT2D eigenvalue weighted by atomic mass is 35.5. The van der Waals surface area contributed by atoms with E-state index in [1.54, 1.807) is 20.8 Å². The summed E-state index contributed by atoms with van der Waals surface area (Å²) in [4.78, 5) is 13.7. The van der Waals surface area contributed by atoms with Crippen LogP contribution in [-0.2, 0) is 4.74 Å². The molecule has 2 fully saturated rings.